The zero-order valence-electron chi connectivity index (χ0n) is 14.3. The maximum atomic E-state index is 14.6. The van der Waals surface area contributed by atoms with Crippen molar-refractivity contribution < 1.29 is 27.4 Å². The van der Waals surface area contributed by atoms with Crippen LogP contribution in [0.4, 0.5) is 14.5 Å². The molecule has 0 amide bonds. The van der Waals surface area contributed by atoms with Gasteiger partial charge in [0.15, 0.2) is 0 Å². The van der Waals surface area contributed by atoms with E-state index in [9.17, 15) is 18.1 Å². The number of hydrogen-bond acceptors (Lipinski definition) is 4. The third kappa shape index (κ3) is 3.02. The molecule has 0 saturated heterocycles. The van der Waals surface area contributed by atoms with Gasteiger partial charge >= 0.3 is 13.5 Å². The summed E-state index contributed by atoms with van der Waals surface area (Å²) in [6, 6.07) is 9.47. The molecule has 1 heterocycles. The summed E-state index contributed by atoms with van der Waals surface area (Å²) >= 11 is 0. The minimum absolute atomic E-state index is 0.0574. The van der Waals surface area contributed by atoms with E-state index in [-0.39, 0.29) is 23.9 Å². The van der Waals surface area contributed by atoms with Crippen LogP contribution in [0, 0.1) is 11.6 Å². The minimum atomic E-state index is -3.89. The molecule has 2 aromatic carbocycles. The van der Waals surface area contributed by atoms with Crippen LogP contribution in [0.2, 0.25) is 0 Å². The van der Waals surface area contributed by atoms with Crippen molar-refractivity contribution in [2.24, 2.45) is 0 Å². The number of carbonyl (C=O) groups is 1. The predicted octanol–water partition coefficient (Wildman–Crippen LogP) is 3.94. The van der Waals surface area contributed by atoms with Gasteiger partial charge in [0.25, 0.3) is 0 Å². The highest BCUT2D eigenvalue weighted by atomic mass is 31.2. The van der Waals surface area contributed by atoms with Gasteiger partial charge in [-0.3, -0.25) is 14.0 Å². The quantitative estimate of drug-likeness (QED) is 0.580. The topological polar surface area (TPSA) is 55.8 Å². The molecule has 0 aliphatic carbocycles. The fourth-order valence-electron chi connectivity index (χ4n) is 3.21. The largest absolute Gasteiger partial charge is 0.469 e. The molecule has 0 aromatic heterocycles. The SMILES string of the molecule is CCOP1(=O)c2c(F)cc(F)cc2C(CC(=O)OC)N1c1ccccc1. The number of carbonyl (C=O) groups excluding carboxylic acids is 1. The van der Waals surface area contributed by atoms with E-state index in [1.165, 1.54) is 11.8 Å². The zero-order valence-corrected chi connectivity index (χ0v) is 15.2. The first-order valence-corrected chi connectivity index (χ1v) is 9.65. The average Bonchev–Trinajstić information content (AvgIpc) is 2.84. The van der Waals surface area contributed by atoms with Gasteiger partial charge in [-0.15, -0.1) is 0 Å². The molecule has 0 N–H and O–H groups in total. The summed E-state index contributed by atoms with van der Waals surface area (Å²) in [6.07, 6.45) is -0.224. The first kappa shape index (κ1) is 18.5. The van der Waals surface area contributed by atoms with Crippen molar-refractivity contribution in [1.82, 2.24) is 0 Å². The standard InChI is InChI=1S/C18H18F2NO4P/c1-3-25-26(23)18-14(9-12(19)10-15(18)20)16(11-17(22)24-2)21(26)13-7-5-4-6-8-13/h4-10,16H,3,11H2,1-2H3. The highest BCUT2D eigenvalue weighted by Gasteiger charge is 2.51. The van der Waals surface area contributed by atoms with Crippen molar-refractivity contribution in [1.29, 1.82) is 0 Å². The van der Waals surface area contributed by atoms with Crippen LogP contribution in [-0.4, -0.2) is 19.7 Å². The summed E-state index contributed by atoms with van der Waals surface area (Å²) in [4.78, 5) is 11.9. The van der Waals surface area contributed by atoms with Gasteiger partial charge in [0.1, 0.15) is 11.6 Å². The molecule has 0 spiro atoms. The van der Waals surface area contributed by atoms with Gasteiger partial charge in [-0.05, 0) is 30.7 Å². The Bertz CT molecular complexity index is 875. The molecule has 1 aliphatic rings. The van der Waals surface area contributed by atoms with Crippen molar-refractivity contribution in [3.8, 4) is 0 Å². The van der Waals surface area contributed by atoms with Crippen LogP contribution < -0.4 is 9.97 Å². The second-order valence-corrected chi connectivity index (χ2v) is 7.92. The molecule has 8 heteroatoms. The maximum absolute atomic E-state index is 14.6. The van der Waals surface area contributed by atoms with E-state index in [0.29, 0.717) is 11.8 Å². The molecule has 0 bridgehead atoms. The number of para-hydroxylation sites is 1. The zero-order chi connectivity index (χ0) is 18.9. The smallest absolute Gasteiger partial charge is 0.330 e. The lowest BCUT2D eigenvalue weighted by molar-refractivity contribution is -0.141. The number of rotatable bonds is 5. The van der Waals surface area contributed by atoms with Gasteiger partial charge in [0.05, 0.1) is 31.5 Å². The number of ether oxygens (including phenoxy) is 1. The molecular formula is C18H18F2NO4P. The van der Waals surface area contributed by atoms with E-state index >= 15 is 0 Å². The first-order chi connectivity index (χ1) is 12.4. The fourth-order valence-corrected chi connectivity index (χ4v) is 5.92. The van der Waals surface area contributed by atoms with Crippen LogP contribution in [-0.2, 0) is 18.6 Å². The number of nitrogens with zero attached hydrogens (tertiary/aromatic N) is 1. The first-order valence-electron chi connectivity index (χ1n) is 8.08. The van der Waals surface area contributed by atoms with Crippen LogP contribution in [0.1, 0.15) is 24.9 Å². The summed E-state index contributed by atoms with van der Waals surface area (Å²) in [6.45, 7) is 1.69. The number of methoxy groups -OCH3 is 1. The number of fused-ring (bicyclic) bond motifs is 1. The summed E-state index contributed by atoms with van der Waals surface area (Å²) < 4.78 is 53.9. The lowest BCUT2D eigenvalue weighted by Crippen LogP contribution is -2.24. The monoisotopic (exact) mass is 381 g/mol. The summed E-state index contributed by atoms with van der Waals surface area (Å²) in [5.74, 6) is -2.35. The Balaban J connectivity index is 2.26. The Morgan fingerprint density at radius 2 is 1.92 bits per heavy atom. The lowest BCUT2D eigenvalue weighted by Gasteiger charge is -2.31. The van der Waals surface area contributed by atoms with Gasteiger partial charge in [-0.1, -0.05) is 18.2 Å². The molecule has 2 atom stereocenters. The molecule has 138 valence electrons. The van der Waals surface area contributed by atoms with Crippen LogP contribution in [0.25, 0.3) is 0 Å². The highest BCUT2D eigenvalue weighted by Crippen LogP contribution is 2.62. The van der Waals surface area contributed by atoms with Gasteiger partial charge in [0, 0.05) is 11.8 Å². The van der Waals surface area contributed by atoms with E-state index in [1.54, 1.807) is 37.3 Å². The third-order valence-electron chi connectivity index (χ3n) is 4.19. The van der Waals surface area contributed by atoms with Crippen LogP contribution >= 0.6 is 7.52 Å². The number of esters is 1. The average molecular weight is 381 g/mol. The molecule has 0 radical (unpaired) electrons. The van der Waals surface area contributed by atoms with Crippen LogP contribution in [0.5, 0.6) is 0 Å². The number of benzene rings is 2. The van der Waals surface area contributed by atoms with Crippen LogP contribution in [0.3, 0.4) is 0 Å². The number of hydrogen-bond donors (Lipinski definition) is 0. The minimum Gasteiger partial charge on any atom is -0.469 e. The predicted molar refractivity (Wildman–Crippen MR) is 93.5 cm³/mol. The Hall–Kier alpha value is -2.24. The summed E-state index contributed by atoms with van der Waals surface area (Å²) in [5.41, 5.74) is 0.614. The Morgan fingerprint density at radius 3 is 2.54 bits per heavy atom. The molecule has 1 aliphatic heterocycles. The maximum Gasteiger partial charge on any atom is 0.330 e. The Labute approximate surface area is 150 Å². The molecular weight excluding hydrogens is 363 g/mol. The number of anilines is 1. The van der Waals surface area contributed by atoms with Crippen molar-refractivity contribution in [3.63, 3.8) is 0 Å². The summed E-state index contributed by atoms with van der Waals surface area (Å²) in [5, 5.41) is -0.196. The molecule has 3 rings (SSSR count). The van der Waals surface area contributed by atoms with Gasteiger partial charge < -0.3 is 9.26 Å². The van der Waals surface area contributed by atoms with Gasteiger partial charge in [-0.25, -0.2) is 8.78 Å². The van der Waals surface area contributed by atoms with Crippen molar-refractivity contribution in [3.05, 3.63) is 59.7 Å². The molecule has 0 saturated carbocycles. The molecule has 2 unspecified atom stereocenters. The lowest BCUT2D eigenvalue weighted by atomic mass is 10.0. The van der Waals surface area contributed by atoms with Gasteiger partial charge in [-0.2, -0.15) is 0 Å². The van der Waals surface area contributed by atoms with E-state index in [2.05, 4.69) is 0 Å². The van der Waals surface area contributed by atoms with Crippen molar-refractivity contribution in [2.75, 3.05) is 18.4 Å². The molecule has 5 nitrogen and oxygen atoms in total. The molecule has 2 aromatic rings. The molecule has 26 heavy (non-hydrogen) atoms. The Morgan fingerprint density at radius 1 is 1.23 bits per heavy atom. The van der Waals surface area contributed by atoms with Crippen molar-refractivity contribution >= 4 is 24.5 Å². The van der Waals surface area contributed by atoms with Crippen LogP contribution in [0.15, 0.2) is 42.5 Å². The second kappa shape index (κ2) is 7.17. The second-order valence-electron chi connectivity index (χ2n) is 5.74. The van der Waals surface area contributed by atoms with E-state index in [4.69, 9.17) is 9.26 Å². The highest BCUT2D eigenvalue weighted by molar-refractivity contribution is 7.69. The normalized spacial score (nSPS) is 21.5. The third-order valence-corrected chi connectivity index (χ3v) is 6.91. The van der Waals surface area contributed by atoms with E-state index in [1.807, 2.05) is 0 Å². The number of halogens is 2. The van der Waals surface area contributed by atoms with E-state index in [0.717, 1.165) is 6.07 Å². The molecule has 0 fully saturated rings. The fraction of sp³-hybridized carbons (Fsp3) is 0.278. The summed E-state index contributed by atoms with van der Waals surface area (Å²) in [7, 11) is -2.67. The van der Waals surface area contributed by atoms with Crippen molar-refractivity contribution in [2.45, 2.75) is 19.4 Å². The van der Waals surface area contributed by atoms with E-state index < -0.39 is 31.2 Å². The Kier molecular flexibility index (Phi) is 5.12. The van der Waals surface area contributed by atoms with Gasteiger partial charge in [0.2, 0.25) is 0 Å².